The molecule has 27 heavy (non-hydrogen) atoms. The highest BCUT2D eigenvalue weighted by Crippen LogP contribution is 2.22. The molecular weight excluding hydrogens is 350 g/mol. The Labute approximate surface area is 154 Å². The van der Waals surface area contributed by atoms with E-state index in [0.717, 1.165) is 21.4 Å². The van der Waals surface area contributed by atoms with Crippen LogP contribution in [0.15, 0.2) is 47.0 Å². The Morgan fingerprint density at radius 2 is 2.04 bits per heavy atom. The zero-order chi connectivity index (χ0) is 19.0. The number of nitrogens with one attached hydrogen (secondary N) is 2. The molecule has 8 nitrogen and oxygen atoms in total. The molecule has 0 aliphatic carbocycles. The molecule has 0 saturated carbocycles. The molecule has 4 rings (SSSR count). The van der Waals surface area contributed by atoms with Gasteiger partial charge in [0.1, 0.15) is 11.8 Å². The number of methoxy groups -OCH3 is 1. The molecule has 0 unspecified atom stereocenters. The second-order valence-corrected chi connectivity index (χ2v) is 6.25. The van der Waals surface area contributed by atoms with E-state index in [1.807, 2.05) is 30.5 Å². The van der Waals surface area contributed by atoms with Crippen molar-refractivity contribution in [2.75, 3.05) is 7.11 Å². The third-order valence-electron chi connectivity index (χ3n) is 4.57. The van der Waals surface area contributed by atoms with Crippen LogP contribution < -0.4 is 5.32 Å². The van der Waals surface area contributed by atoms with Crippen molar-refractivity contribution in [2.45, 2.75) is 19.0 Å². The molecule has 2 aromatic heterocycles. The summed E-state index contributed by atoms with van der Waals surface area (Å²) in [6.07, 6.45) is 2.23. The minimum Gasteiger partial charge on any atom is -0.463 e. The minimum absolute atomic E-state index is 0.0231. The van der Waals surface area contributed by atoms with Crippen molar-refractivity contribution >= 4 is 28.8 Å². The van der Waals surface area contributed by atoms with Gasteiger partial charge in [-0.15, -0.1) is 0 Å². The SMILES string of the molecule is COC(=O)c1ccc(CN2C(=O)N[C@@H](Cc3c[nH]c4ccccc34)C2=O)o1. The van der Waals surface area contributed by atoms with Crippen molar-refractivity contribution in [3.8, 4) is 0 Å². The second-order valence-electron chi connectivity index (χ2n) is 6.25. The fourth-order valence-electron chi connectivity index (χ4n) is 3.21. The van der Waals surface area contributed by atoms with Gasteiger partial charge in [-0.05, 0) is 23.8 Å². The van der Waals surface area contributed by atoms with Gasteiger partial charge in [0.15, 0.2) is 0 Å². The van der Waals surface area contributed by atoms with E-state index in [1.54, 1.807) is 6.07 Å². The summed E-state index contributed by atoms with van der Waals surface area (Å²) in [5.41, 5.74) is 1.93. The first-order valence-electron chi connectivity index (χ1n) is 8.40. The summed E-state index contributed by atoms with van der Waals surface area (Å²) in [5, 5.41) is 3.73. The Bertz CT molecular complexity index is 1030. The molecule has 0 spiro atoms. The lowest BCUT2D eigenvalue weighted by Crippen LogP contribution is -2.32. The highest BCUT2D eigenvalue weighted by atomic mass is 16.5. The van der Waals surface area contributed by atoms with Gasteiger partial charge < -0.3 is 19.5 Å². The van der Waals surface area contributed by atoms with Crippen LogP contribution in [0.3, 0.4) is 0 Å². The Kier molecular flexibility index (Phi) is 4.15. The maximum atomic E-state index is 12.7. The number of furan rings is 1. The van der Waals surface area contributed by atoms with Crippen LogP contribution in [0.5, 0.6) is 0 Å². The van der Waals surface area contributed by atoms with Crippen LogP contribution in [-0.4, -0.2) is 40.9 Å². The molecule has 1 saturated heterocycles. The molecule has 1 fully saturated rings. The summed E-state index contributed by atoms with van der Waals surface area (Å²) in [6.45, 7) is -0.0496. The first-order valence-corrected chi connectivity index (χ1v) is 8.40. The van der Waals surface area contributed by atoms with E-state index in [0.29, 0.717) is 12.2 Å². The van der Waals surface area contributed by atoms with E-state index in [1.165, 1.54) is 13.2 Å². The summed E-state index contributed by atoms with van der Waals surface area (Å²) in [7, 11) is 1.25. The number of carbonyl (C=O) groups is 3. The molecule has 138 valence electrons. The van der Waals surface area contributed by atoms with E-state index < -0.39 is 18.0 Å². The number of carbonyl (C=O) groups excluding carboxylic acids is 3. The van der Waals surface area contributed by atoms with Gasteiger partial charge in [0.25, 0.3) is 5.91 Å². The molecular formula is C19H17N3O5. The molecule has 3 aromatic rings. The summed E-state index contributed by atoms with van der Waals surface area (Å²) in [6, 6.07) is 9.64. The van der Waals surface area contributed by atoms with Gasteiger partial charge in [-0.3, -0.25) is 9.69 Å². The molecule has 3 heterocycles. The normalized spacial score (nSPS) is 16.8. The summed E-state index contributed by atoms with van der Waals surface area (Å²) in [4.78, 5) is 40.6. The number of aromatic nitrogens is 1. The van der Waals surface area contributed by atoms with Crippen LogP contribution in [0.25, 0.3) is 10.9 Å². The number of fused-ring (bicyclic) bond motifs is 1. The van der Waals surface area contributed by atoms with Gasteiger partial charge in [0.05, 0.1) is 13.7 Å². The minimum atomic E-state index is -0.647. The highest BCUT2D eigenvalue weighted by Gasteiger charge is 2.38. The smallest absolute Gasteiger partial charge is 0.373 e. The number of nitrogens with zero attached hydrogens (tertiary/aromatic N) is 1. The number of benzene rings is 1. The van der Waals surface area contributed by atoms with Crippen molar-refractivity contribution < 1.29 is 23.5 Å². The molecule has 1 aliphatic rings. The highest BCUT2D eigenvalue weighted by molar-refractivity contribution is 6.04. The monoisotopic (exact) mass is 367 g/mol. The number of esters is 1. The number of aromatic amines is 1. The molecule has 2 N–H and O–H groups in total. The van der Waals surface area contributed by atoms with Crippen LogP contribution in [0, 0.1) is 0 Å². The van der Waals surface area contributed by atoms with Crippen molar-refractivity contribution in [2.24, 2.45) is 0 Å². The van der Waals surface area contributed by atoms with Crippen LogP contribution >= 0.6 is 0 Å². The average molecular weight is 367 g/mol. The van der Waals surface area contributed by atoms with Gasteiger partial charge in [0, 0.05) is 23.5 Å². The molecule has 0 bridgehead atoms. The zero-order valence-corrected chi connectivity index (χ0v) is 14.5. The number of ether oxygens (including phenoxy) is 1. The second kappa shape index (κ2) is 6.64. The maximum absolute atomic E-state index is 12.7. The van der Waals surface area contributed by atoms with Crippen molar-refractivity contribution in [1.82, 2.24) is 15.2 Å². The van der Waals surface area contributed by atoms with E-state index in [-0.39, 0.29) is 18.2 Å². The third-order valence-corrected chi connectivity index (χ3v) is 4.57. The third kappa shape index (κ3) is 3.05. The predicted molar refractivity (Wildman–Crippen MR) is 94.9 cm³/mol. The van der Waals surface area contributed by atoms with Gasteiger partial charge in [0.2, 0.25) is 5.76 Å². The number of rotatable bonds is 5. The number of amides is 3. The van der Waals surface area contributed by atoms with Crippen LogP contribution in [0.2, 0.25) is 0 Å². The number of urea groups is 1. The number of hydrogen-bond acceptors (Lipinski definition) is 5. The van der Waals surface area contributed by atoms with Crippen molar-refractivity contribution in [3.63, 3.8) is 0 Å². The Balaban J connectivity index is 1.48. The molecule has 1 atom stereocenters. The molecule has 3 amide bonds. The van der Waals surface area contributed by atoms with E-state index in [9.17, 15) is 14.4 Å². The zero-order valence-electron chi connectivity index (χ0n) is 14.5. The molecule has 8 heteroatoms. The number of para-hydroxylation sites is 1. The first-order chi connectivity index (χ1) is 13.1. The van der Waals surface area contributed by atoms with Gasteiger partial charge in [-0.1, -0.05) is 18.2 Å². The topological polar surface area (TPSA) is 105 Å². The summed E-state index contributed by atoms with van der Waals surface area (Å²) >= 11 is 0. The van der Waals surface area contributed by atoms with Gasteiger partial charge >= 0.3 is 12.0 Å². The quantitative estimate of drug-likeness (QED) is 0.531. The standard InChI is InChI=1S/C19H17N3O5/c1-26-18(24)16-7-6-12(27-16)10-22-17(23)15(21-19(22)25)8-11-9-20-14-5-3-2-4-13(11)14/h2-7,9,15,20H,8,10H2,1H3,(H,21,25)/t15-/m0/s1. The van der Waals surface area contributed by atoms with Gasteiger partial charge in [-0.25, -0.2) is 9.59 Å². The average Bonchev–Trinajstić information content (AvgIpc) is 3.37. The van der Waals surface area contributed by atoms with E-state index in [2.05, 4.69) is 15.0 Å². The van der Waals surface area contributed by atoms with Crippen LogP contribution in [0.4, 0.5) is 4.79 Å². The lowest BCUT2D eigenvalue weighted by molar-refractivity contribution is -0.128. The largest absolute Gasteiger partial charge is 0.463 e. The predicted octanol–water partition coefficient (Wildman–Crippen LogP) is 2.21. The molecule has 0 radical (unpaired) electrons. The lowest BCUT2D eigenvalue weighted by atomic mass is 10.1. The van der Waals surface area contributed by atoms with E-state index >= 15 is 0 Å². The summed E-state index contributed by atoms with van der Waals surface area (Å²) in [5.74, 6) is -0.599. The number of hydrogen-bond donors (Lipinski definition) is 2. The fourth-order valence-corrected chi connectivity index (χ4v) is 3.21. The maximum Gasteiger partial charge on any atom is 0.373 e. The first kappa shape index (κ1) is 16.9. The number of H-pyrrole nitrogens is 1. The summed E-state index contributed by atoms with van der Waals surface area (Å²) < 4.78 is 9.92. The molecule has 1 aliphatic heterocycles. The Morgan fingerprint density at radius 3 is 2.85 bits per heavy atom. The van der Waals surface area contributed by atoms with Crippen molar-refractivity contribution in [1.29, 1.82) is 0 Å². The Morgan fingerprint density at radius 1 is 1.22 bits per heavy atom. The lowest BCUT2D eigenvalue weighted by Gasteiger charge is -2.11. The Hall–Kier alpha value is -3.55. The number of imide groups is 1. The van der Waals surface area contributed by atoms with Crippen molar-refractivity contribution in [3.05, 3.63) is 59.7 Å². The van der Waals surface area contributed by atoms with Crippen LogP contribution in [0.1, 0.15) is 21.9 Å². The van der Waals surface area contributed by atoms with E-state index in [4.69, 9.17) is 4.42 Å². The van der Waals surface area contributed by atoms with Gasteiger partial charge in [-0.2, -0.15) is 0 Å². The molecule has 1 aromatic carbocycles. The fraction of sp³-hybridized carbons (Fsp3) is 0.211. The van der Waals surface area contributed by atoms with Crippen LogP contribution in [-0.2, 0) is 22.5 Å².